The topological polar surface area (TPSA) is 42.0 Å². The minimum absolute atomic E-state index is 0. The third-order valence-electron chi connectivity index (χ3n) is 7.14. The highest BCUT2D eigenvalue weighted by Gasteiger charge is 2.36. The Kier molecular flexibility index (Phi) is 6.54. The zero-order valence-corrected chi connectivity index (χ0v) is 18.8. The Balaban J connectivity index is 0.000000938. The number of allylic oxidation sites excluding steroid dienone is 3. The molecule has 3 atom stereocenters. The van der Waals surface area contributed by atoms with Crippen LogP contribution in [0.25, 0.3) is 10.9 Å². The second kappa shape index (κ2) is 9.33. The number of pyridine rings is 1. The summed E-state index contributed by atoms with van der Waals surface area (Å²) >= 11 is 0. The number of carbonyl (C=O) groups is 1. The molecule has 2 aromatic rings. The molecule has 0 spiro atoms. The second-order valence-corrected chi connectivity index (χ2v) is 9.00. The Morgan fingerprint density at radius 2 is 1.94 bits per heavy atom. The fourth-order valence-electron chi connectivity index (χ4n) is 5.14. The first-order valence-corrected chi connectivity index (χ1v) is 11.8. The van der Waals surface area contributed by atoms with E-state index in [1.807, 2.05) is 26.1 Å². The zero-order chi connectivity index (χ0) is 22.0. The Bertz CT molecular complexity index is 1010. The zero-order valence-electron chi connectivity index (χ0n) is 18.8. The van der Waals surface area contributed by atoms with Gasteiger partial charge in [0.05, 0.1) is 5.52 Å². The lowest BCUT2D eigenvalue weighted by molar-refractivity contribution is -0.125. The molecule has 2 saturated carbocycles. The number of halogens is 1. The number of fused-ring (bicyclic) bond motifs is 2. The van der Waals surface area contributed by atoms with Gasteiger partial charge in [0.25, 0.3) is 0 Å². The molecule has 0 saturated heterocycles. The van der Waals surface area contributed by atoms with Crippen LogP contribution in [0.2, 0.25) is 0 Å². The number of hydrogen-bond donors (Lipinski definition) is 1. The number of nitrogens with zero attached hydrogens (tertiary/aromatic N) is 1. The summed E-state index contributed by atoms with van der Waals surface area (Å²) in [7, 11) is 0. The third-order valence-corrected chi connectivity index (χ3v) is 7.14. The molecular weight excluding hydrogens is 387 g/mol. The monoisotopic (exact) mass is 422 g/mol. The smallest absolute Gasteiger partial charge is 0.227 e. The normalized spacial score (nSPS) is 27.4. The van der Waals surface area contributed by atoms with Crippen LogP contribution in [0.1, 0.15) is 65.8 Å². The average molecular weight is 423 g/mol. The number of aromatic nitrogens is 1. The maximum absolute atomic E-state index is 13.8. The SMILES string of the molecule is CC.C[C@@H](C(=O)NC1=CC2CC2C=C1)C1CCC(c2ccnc3ccc(F)cc23)CC1.[HH]. The van der Waals surface area contributed by atoms with E-state index in [0.717, 1.165) is 42.3 Å². The predicted octanol–water partition coefficient (Wildman–Crippen LogP) is 6.76. The van der Waals surface area contributed by atoms with Crippen molar-refractivity contribution in [3.8, 4) is 0 Å². The molecule has 1 aromatic heterocycles. The van der Waals surface area contributed by atoms with E-state index in [2.05, 4.69) is 35.5 Å². The summed E-state index contributed by atoms with van der Waals surface area (Å²) in [6.07, 6.45) is 13.7. The highest BCUT2D eigenvalue weighted by molar-refractivity contribution is 5.83. The van der Waals surface area contributed by atoms with Gasteiger partial charge < -0.3 is 5.32 Å². The number of benzene rings is 1. The van der Waals surface area contributed by atoms with Crippen LogP contribution in [0.4, 0.5) is 4.39 Å². The van der Waals surface area contributed by atoms with Gasteiger partial charge >= 0.3 is 0 Å². The van der Waals surface area contributed by atoms with Gasteiger partial charge in [-0.1, -0.05) is 32.9 Å². The van der Waals surface area contributed by atoms with E-state index in [1.54, 1.807) is 12.1 Å². The molecule has 3 aliphatic carbocycles. The molecule has 0 aliphatic heterocycles. The van der Waals surface area contributed by atoms with Crippen molar-refractivity contribution in [1.82, 2.24) is 10.3 Å². The van der Waals surface area contributed by atoms with Crippen molar-refractivity contribution >= 4 is 16.8 Å². The molecule has 1 aromatic carbocycles. The molecule has 1 N–H and O–H groups in total. The lowest BCUT2D eigenvalue weighted by atomic mass is 9.73. The maximum Gasteiger partial charge on any atom is 0.227 e. The van der Waals surface area contributed by atoms with Crippen LogP contribution in [0, 0.1) is 29.5 Å². The number of rotatable bonds is 4. The van der Waals surface area contributed by atoms with E-state index in [9.17, 15) is 9.18 Å². The van der Waals surface area contributed by atoms with Gasteiger partial charge in [0, 0.05) is 24.6 Å². The van der Waals surface area contributed by atoms with Gasteiger partial charge in [-0.05, 0) is 91.7 Å². The van der Waals surface area contributed by atoms with E-state index in [4.69, 9.17) is 0 Å². The van der Waals surface area contributed by atoms with Crippen LogP contribution < -0.4 is 5.32 Å². The fraction of sp³-hybridized carbons (Fsp3) is 0.481. The Labute approximate surface area is 186 Å². The lowest BCUT2D eigenvalue weighted by Crippen LogP contribution is -2.34. The molecule has 166 valence electrons. The molecule has 5 rings (SSSR count). The van der Waals surface area contributed by atoms with Crippen molar-refractivity contribution in [3.05, 3.63) is 65.8 Å². The predicted molar refractivity (Wildman–Crippen MR) is 126 cm³/mol. The first-order valence-electron chi connectivity index (χ1n) is 11.8. The Hall–Kier alpha value is -2.49. The third kappa shape index (κ3) is 4.73. The van der Waals surface area contributed by atoms with Crippen molar-refractivity contribution < 1.29 is 10.6 Å². The molecule has 0 bridgehead atoms. The average Bonchev–Trinajstić information content (AvgIpc) is 3.58. The van der Waals surface area contributed by atoms with Crippen molar-refractivity contribution in [2.24, 2.45) is 23.7 Å². The summed E-state index contributed by atoms with van der Waals surface area (Å²) in [4.78, 5) is 17.1. The number of carbonyl (C=O) groups excluding carboxylic acids is 1. The molecule has 4 heteroatoms. The van der Waals surface area contributed by atoms with Gasteiger partial charge in [-0.2, -0.15) is 0 Å². The summed E-state index contributed by atoms with van der Waals surface area (Å²) < 4.78 is 13.8. The van der Waals surface area contributed by atoms with Crippen LogP contribution in [-0.2, 0) is 4.79 Å². The Morgan fingerprint density at radius 3 is 2.68 bits per heavy atom. The van der Waals surface area contributed by atoms with Gasteiger partial charge in [0.2, 0.25) is 5.91 Å². The highest BCUT2D eigenvalue weighted by atomic mass is 19.1. The van der Waals surface area contributed by atoms with E-state index in [0.29, 0.717) is 23.7 Å². The minimum atomic E-state index is -0.214. The largest absolute Gasteiger partial charge is 0.326 e. The summed E-state index contributed by atoms with van der Waals surface area (Å²) in [5, 5.41) is 4.06. The number of amides is 1. The van der Waals surface area contributed by atoms with Gasteiger partial charge in [-0.15, -0.1) is 0 Å². The van der Waals surface area contributed by atoms with Crippen LogP contribution in [0.5, 0.6) is 0 Å². The first kappa shape index (κ1) is 21.7. The lowest BCUT2D eigenvalue weighted by Gasteiger charge is -2.32. The van der Waals surface area contributed by atoms with Crippen LogP contribution in [0.3, 0.4) is 0 Å². The molecule has 1 heterocycles. The first-order chi connectivity index (χ1) is 15.1. The molecule has 0 radical (unpaired) electrons. The van der Waals surface area contributed by atoms with Crippen LogP contribution in [0.15, 0.2) is 54.4 Å². The van der Waals surface area contributed by atoms with Gasteiger partial charge in [-0.25, -0.2) is 4.39 Å². The standard InChI is InChI=1S/C25H27FN2O.C2H6.H2/c1-15(25(29)28-21-8-6-18-12-19(18)13-21)16-2-4-17(5-3-16)22-10-11-27-24-9-7-20(26)14-23(22)24;1-2;/h6-11,13-19H,2-5,12H2,1H3,(H,28,29);1-2H3;1H/t15-,16?,17?,18?,19?;;/m1../s1. The fourth-order valence-corrected chi connectivity index (χ4v) is 5.14. The van der Waals surface area contributed by atoms with E-state index in [1.165, 1.54) is 18.1 Å². The molecule has 31 heavy (non-hydrogen) atoms. The van der Waals surface area contributed by atoms with Crippen molar-refractivity contribution in [3.63, 3.8) is 0 Å². The Morgan fingerprint density at radius 1 is 1.16 bits per heavy atom. The molecule has 3 nitrogen and oxygen atoms in total. The van der Waals surface area contributed by atoms with E-state index in [-0.39, 0.29) is 19.1 Å². The number of hydrogen-bond acceptors (Lipinski definition) is 2. The molecule has 3 aliphatic rings. The summed E-state index contributed by atoms with van der Waals surface area (Å²) in [5.74, 6) is 2.09. The van der Waals surface area contributed by atoms with E-state index < -0.39 is 0 Å². The van der Waals surface area contributed by atoms with Crippen molar-refractivity contribution in [2.45, 2.75) is 58.8 Å². The van der Waals surface area contributed by atoms with Crippen molar-refractivity contribution in [2.75, 3.05) is 0 Å². The second-order valence-electron chi connectivity index (χ2n) is 9.00. The molecule has 1 amide bonds. The number of nitrogens with one attached hydrogen (secondary N) is 1. The highest BCUT2D eigenvalue weighted by Crippen LogP contribution is 2.44. The van der Waals surface area contributed by atoms with Gasteiger partial charge in [0.15, 0.2) is 0 Å². The van der Waals surface area contributed by atoms with Gasteiger partial charge in [-0.3, -0.25) is 9.78 Å². The van der Waals surface area contributed by atoms with Crippen LogP contribution in [-0.4, -0.2) is 10.9 Å². The quantitative estimate of drug-likeness (QED) is 0.591. The van der Waals surface area contributed by atoms with E-state index >= 15 is 0 Å². The van der Waals surface area contributed by atoms with Gasteiger partial charge in [0.1, 0.15) is 5.82 Å². The molecule has 2 unspecified atom stereocenters. The summed E-state index contributed by atoms with van der Waals surface area (Å²) in [5.41, 5.74) is 3.02. The summed E-state index contributed by atoms with van der Waals surface area (Å²) in [6.45, 7) is 6.06. The minimum Gasteiger partial charge on any atom is -0.326 e. The van der Waals surface area contributed by atoms with Crippen LogP contribution >= 0.6 is 0 Å². The molecule has 2 fully saturated rings. The van der Waals surface area contributed by atoms with Crippen molar-refractivity contribution in [1.29, 1.82) is 0 Å². The maximum atomic E-state index is 13.8. The molecular formula is C27H35FN2O. The summed E-state index contributed by atoms with van der Waals surface area (Å²) in [6, 6.07) is 6.87.